The number of aromatic amines is 1. The summed E-state index contributed by atoms with van der Waals surface area (Å²) in [5.41, 5.74) is 12.2. The van der Waals surface area contributed by atoms with Crippen LogP contribution < -0.4 is 32.7 Å². The number of carbonyl (C=O) groups excluding carboxylic acids is 4. The van der Waals surface area contributed by atoms with Gasteiger partial charge in [-0.3, -0.25) is 24.6 Å². The van der Waals surface area contributed by atoms with Crippen LogP contribution in [0.5, 0.6) is 0 Å². The molecule has 40 heavy (non-hydrogen) atoms. The Hall–Kier alpha value is -4.26. The van der Waals surface area contributed by atoms with Crippen LogP contribution in [-0.2, 0) is 20.8 Å². The molecule has 0 spiro atoms. The van der Waals surface area contributed by atoms with Gasteiger partial charge in [0.25, 0.3) is 0 Å². The molecule has 0 aliphatic heterocycles. The first-order valence-corrected chi connectivity index (χ1v) is 13.2. The van der Waals surface area contributed by atoms with Crippen molar-refractivity contribution < 1.29 is 19.2 Å². The molecule has 1 aromatic heterocycles. The topological polar surface area (TPSA) is 221 Å². The van der Waals surface area contributed by atoms with Crippen LogP contribution in [0.2, 0.25) is 0 Å². The Morgan fingerprint density at radius 3 is 2.35 bits per heavy atom. The van der Waals surface area contributed by atoms with E-state index in [1.807, 2.05) is 13.8 Å². The maximum absolute atomic E-state index is 13.4. The highest BCUT2D eigenvalue weighted by Gasteiger charge is 2.30. The number of nitrogens with zero attached hydrogens (tertiary/aromatic N) is 1. The molecule has 217 valence electrons. The first-order valence-electron chi connectivity index (χ1n) is 13.2. The third kappa shape index (κ3) is 10.8. The minimum atomic E-state index is -1.09. The minimum Gasteiger partial charge on any atom is -0.370 e. The zero-order valence-electron chi connectivity index (χ0n) is 23.1. The van der Waals surface area contributed by atoms with Gasteiger partial charge in [-0.1, -0.05) is 38.1 Å². The first-order chi connectivity index (χ1) is 19.0. The largest absolute Gasteiger partial charge is 0.370 e. The summed E-state index contributed by atoms with van der Waals surface area (Å²) in [5.74, 6) is -2.04. The van der Waals surface area contributed by atoms with E-state index in [4.69, 9.17) is 16.9 Å². The lowest BCUT2D eigenvalue weighted by Gasteiger charge is -2.25. The Bertz CT molecular complexity index is 1120. The number of aromatic nitrogens is 2. The lowest BCUT2D eigenvalue weighted by Crippen LogP contribution is -2.57. The normalized spacial score (nSPS) is 13.9. The van der Waals surface area contributed by atoms with Crippen LogP contribution in [0.25, 0.3) is 0 Å². The summed E-state index contributed by atoms with van der Waals surface area (Å²) in [6, 6.07) is 5.70. The van der Waals surface area contributed by atoms with E-state index in [1.165, 1.54) is 6.33 Å². The first kappa shape index (κ1) is 32.0. The van der Waals surface area contributed by atoms with Gasteiger partial charge in [0.2, 0.25) is 17.7 Å². The van der Waals surface area contributed by atoms with Gasteiger partial charge in [-0.05, 0) is 38.2 Å². The number of nitrogens with two attached hydrogens (primary N) is 2. The molecule has 1 aromatic carbocycles. The monoisotopic (exact) mass is 554 g/mol. The van der Waals surface area contributed by atoms with Crippen LogP contribution in [0.4, 0.5) is 0 Å². The van der Waals surface area contributed by atoms with Crippen molar-refractivity contribution in [3.8, 4) is 0 Å². The molecule has 0 saturated carbocycles. The van der Waals surface area contributed by atoms with Crippen LogP contribution >= 0.6 is 0 Å². The standard InChI is InChI=1S/C27H40N9O4/c1-16(2)12-20(28)24(38)35-21(10-7-11-32-27(29)30)25(39)36-22(13-19-14-31-15-33-19)26(40)34-17(3)23(37)18-8-5-4-6-9-18/h4-6,8,14-17,20-22H,7,10-13,28H2,1-3H3,(H,31,33)(H,34,40)(H,35,38)(H,36,39)(H4,29,30,32)/t17-,20-,21-,22-/m0/s1. The molecule has 0 bridgehead atoms. The molecule has 1 radical (unpaired) electrons. The highest BCUT2D eigenvalue weighted by molar-refractivity contribution is 6.02. The molecule has 13 heteroatoms. The summed E-state index contributed by atoms with van der Waals surface area (Å²) >= 11 is 0. The molecule has 3 amide bonds. The number of hydrogen-bond acceptors (Lipinski definition) is 7. The molecule has 0 aliphatic carbocycles. The van der Waals surface area contributed by atoms with Crippen molar-refractivity contribution in [2.45, 2.75) is 70.6 Å². The quantitative estimate of drug-likeness (QED) is 0.0596. The molecule has 2 rings (SSSR count). The molecule has 10 N–H and O–H groups in total. The Morgan fingerprint density at radius 2 is 1.75 bits per heavy atom. The van der Waals surface area contributed by atoms with Crippen LogP contribution in [0.1, 0.15) is 56.1 Å². The van der Waals surface area contributed by atoms with Gasteiger partial charge in [0.05, 0.1) is 24.1 Å². The van der Waals surface area contributed by atoms with Crippen molar-refractivity contribution in [2.24, 2.45) is 17.4 Å². The van der Waals surface area contributed by atoms with E-state index in [2.05, 4.69) is 37.3 Å². The van der Waals surface area contributed by atoms with Gasteiger partial charge in [0.1, 0.15) is 12.1 Å². The predicted octanol–water partition coefficient (Wildman–Crippen LogP) is -0.254. The Morgan fingerprint density at radius 1 is 1.05 bits per heavy atom. The molecular formula is C27H40N9O4. The fraction of sp³-hybridized carbons (Fsp3) is 0.481. The molecule has 0 aliphatic rings. The van der Waals surface area contributed by atoms with Crippen LogP contribution in [0, 0.1) is 17.4 Å². The second kappa shape index (κ2) is 16.0. The van der Waals surface area contributed by atoms with E-state index < -0.39 is 41.9 Å². The molecule has 0 saturated heterocycles. The predicted molar refractivity (Wildman–Crippen MR) is 150 cm³/mol. The van der Waals surface area contributed by atoms with Crippen molar-refractivity contribution in [3.05, 3.63) is 54.1 Å². The summed E-state index contributed by atoms with van der Waals surface area (Å²) < 4.78 is 0. The number of amides is 3. The summed E-state index contributed by atoms with van der Waals surface area (Å²) in [6.45, 7) is 5.73. The van der Waals surface area contributed by atoms with E-state index in [9.17, 15) is 19.2 Å². The van der Waals surface area contributed by atoms with Gasteiger partial charge >= 0.3 is 0 Å². The lowest BCUT2D eigenvalue weighted by atomic mass is 10.0. The summed E-state index contributed by atoms with van der Waals surface area (Å²) in [6.07, 6.45) is 4.11. The Kier molecular flexibility index (Phi) is 12.8. The van der Waals surface area contributed by atoms with E-state index in [0.717, 1.165) is 0 Å². The van der Waals surface area contributed by atoms with Crippen molar-refractivity contribution in [2.75, 3.05) is 6.54 Å². The average molecular weight is 555 g/mol. The van der Waals surface area contributed by atoms with Gasteiger partial charge in [-0.15, -0.1) is 0 Å². The summed E-state index contributed by atoms with van der Waals surface area (Å²) in [7, 11) is 0. The number of rotatable bonds is 16. The van der Waals surface area contributed by atoms with Crippen LogP contribution in [0.3, 0.4) is 0 Å². The van der Waals surface area contributed by atoms with Gasteiger partial charge in [0, 0.05) is 24.7 Å². The van der Waals surface area contributed by atoms with Crippen molar-refractivity contribution in [1.82, 2.24) is 31.2 Å². The number of imidazole rings is 1. The minimum absolute atomic E-state index is 0.0405. The number of hydrogen-bond donors (Lipinski definition) is 8. The number of guanidine groups is 1. The second-order valence-electron chi connectivity index (χ2n) is 9.98. The molecule has 4 atom stereocenters. The number of nitrogens with one attached hydrogen (secondary N) is 6. The molecule has 0 fully saturated rings. The van der Waals surface area contributed by atoms with Gasteiger partial charge in [-0.25, -0.2) is 4.98 Å². The Labute approximate surface area is 234 Å². The second-order valence-corrected chi connectivity index (χ2v) is 9.98. The number of H-pyrrole nitrogens is 1. The van der Waals surface area contributed by atoms with E-state index in [1.54, 1.807) is 37.4 Å². The molecule has 1 heterocycles. The number of ketones is 1. The zero-order valence-corrected chi connectivity index (χ0v) is 23.1. The van der Waals surface area contributed by atoms with Crippen molar-refractivity contribution in [3.63, 3.8) is 0 Å². The maximum Gasteiger partial charge on any atom is 0.243 e. The van der Waals surface area contributed by atoms with Gasteiger partial charge in [-0.2, -0.15) is 0 Å². The molecule has 0 unspecified atom stereocenters. The third-order valence-corrected chi connectivity index (χ3v) is 6.01. The van der Waals surface area contributed by atoms with Crippen molar-refractivity contribution >= 4 is 29.5 Å². The maximum atomic E-state index is 13.4. The lowest BCUT2D eigenvalue weighted by molar-refractivity contribution is -0.132. The average Bonchev–Trinajstić information content (AvgIpc) is 3.42. The smallest absolute Gasteiger partial charge is 0.243 e. The van der Waals surface area contributed by atoms with E-state index >= 15 is 0 Å². The fourth-order valence-electron chi connectivity index (χ4n) is 3.94. The SMILES string of the molecule is CC(C)C[C@H](N)C(=O)N[C@@H](CCCNC(=N)N)C(=O)N[C@@H](Cc1c[nH]cn1)C(=O)N[C@@H](C)C(=O)c1[c]cccc1. The van der Waals surface area contributed by atoms with E-state index in [-0.39, 0.29) is 30.5 Å². The fourth-order valence-corrected chi connectivity index (χ4v) is 3.94. The number of Topliss-reactive ketones (excluding diaryl/α,β-unsaturated/α-hetero) is 1. The van der Waals surface area contributed by atoms with E-state index in [0.29, 0.717) is 30.6 Å². The highest BCUT2D eigenvalue weighted by atomic mass is 16.2. The van der Waals surface area contributed by atoms with Gasteiger partial charge < -0.3 is 37.7 Å². The van der Waals surface area contributed by atoms with Crippen LogP contribution in [0.15, 0.2) is 36.8 Å². The van der Waals surface area contributed by atoms with Crippen molar-refractivity contribution in [1.29, 1.82) is 5.41 Å². The molecule has 2 aromatic rings. The number of carbonyl (C=O) groups is 4. The molecule has 13 nitrogen and oxygen atoms in total. The summed E-state index contributed by atoms with van der Waals surface area (Å²) in [5, 5.41) is 18.0. The number of benzene rings is 1. The van der Waals surface area contributed by atoms with Crippen LogP contribution in [-0.4, -0.2) is 70.1 Å². The third-order valence-electron chi connectivity index (χ3n) is 6.01. The molecular weight excluding hydrogens is 514 g/mol. The zero-order chi connectivity index (χ0) is 29.7. The summed E-state index contributed by atoms with van der Waals surface area (Å²) in [4.78, 5) is 59.1. The Balaban J connectivity index is 2.17. The highest BCUT2D eigenvalue weighted by Crippen LogP contribution is 2.08. The van der Waals surface area contributed by atoms with Gasteiger partial charge in [0.15, 0.2) is 11.7 Å².